The zero-order valence-electron chi connectivity index (χ0n) is 18.2. The molecule has 0 aliphatic carbocycles. The van der Waals surface area contributed by atoms with Crippen LogP contribution in [-0.2, 0) is 15.2 Å². The number of nitrogens with one attached hydrogen (secondary N) is 1. The number of anilines is 1. The summed E-state index contributed by atoms with van der Waals surface area (Å²) in [6.07, 6.45) is -2.39. The molecule has 4 aromatic rings. The predicted molar refractivity (Wildman–Crippen MR) is 129 cm³/mol. The Morgan fingerprint density at radius 2 is 1.46 bits per heavy atom. The number of carboxylic acid groups (broad SMARTS) is 1. The van der Waals surface area contributed by atoms with E-state index in [0.717, 1.165) is 28.2 Å². The SMILES string of the molecule is O=C(O)C(=NOC(F)CF)c1nsc(NC(c2ccccc2)(c2ccccc2)c2ccccc2)n1. The van der Waals surface area contributed by atoms with Crippen molar-refractivity contribution in [2.45, 2.75) is 11.9 Å². The van der Waals surface area contributed by atoms with Crippen molar-refractivity contribution in [1.82, 2.24) is 9.36 Å². The molecule has 1 aromatic heterocycles. The highest BCUT2D eigenvalue weighted by Crippen LogP contribution is 2.40. The Kier molecular flexibility index (Phi) is 7.41. The fourth-order valence-electron chi connectivity index (χ4n) is 3.63. The second-order valence-corrected chi connectivity index (χ2v) is 8.06. The monoisotopic (exact) mass is 494 g/mol. The van der Waals surface area contributed by atoms with Gasteiger partial charge in [0.25, 0.3) is 6.36 Å². The van der Waals surface area contributed by atoms with Crippen LogP contribution in [-0.4, -0.2) is 39.2 Å². The van der Waals surface area contributed by atoms with E-state index < -0.39 is 30.3 Å². The first-order valence-corrected chi connectivity index (χ1v) is 11.3. The van der Waals surface area contributed by atoms with Crippen LogP contribution in [0.3, 0.4) is 0 Å². The Balaban J connectivity index is 1.83. The average Bonchev–Trinajstić information content (AvgIpc) is 3.36. The van der Waals surface area contributed by atoms with Crippen LogP contribution in [0.5, 0.6) is 0 Å². The van der Waals surface area contributed by atoms with Gasteiger partial charge in [0, 0.05) is 11.5 Å². The van der Waals surface area contributed by atoms with Crippen LogP contribution < -0.4 is 5.32 Å². The molecule has 0 spiro atoms. The molecule has 1 atom stereocenters. The molecule has 35 heavy (non-hydrogen) atoms. The van der Waals surface area contributed by atoms with E-state index in [1.54, 1.807) is 0 Å². The van der Waals surface area contributed by atoms with Gasteiger partial charge in [-0.2, -0.15) is 13.7 Å². The normalized spacial score (nSPS) is 12.7. The second kappa shape index (κ2) is 10.8. The largest absolute Gasteiger partial charge is 0.476 e. The van der Waals surface area contributed by atoms with E-state index in [1.165, 1.54) is 0 Å². The first kappa shape index (κ1) is 24.0. The number of aliphatic carboxylic acids is 1. The van der Waals surface area contributed by atoms with Crippen molar-refractivity contribution in [3.05, 3.63) is 114 Å². The minimum absolute atomic E-state index is 0.285. The van der Waals surface area contributed by atoms with E-state index >= 15 is 0 Å². The maximum absolute atomic E-state index is 13.1. The molecule has 3 aromatic carbocycles. The van der Waals surface area contributed by atoms with E-state index in [-0.39, 0.29) is 11.0 Å². The number of carbonyl (C=O) groups is 1. The summed E-state index contributed by atoms with van der Waals surface area (Å²) in [5.74, 6) is -1.83. The minimum Gasteiger partial charge on any atom is -0.476 e. The lowest BCUT2D eigenvalue weighted by molar-refractivity contribution is -0.129. The number of hydrogen-bond donors (Lipinski definition) is 2. The molecular formula is C25H20F2N4O3S. The van der Waals surface area contributed by atoms with Crippen molar-refractivity contribution in [1.29, 1.82) is 0 Å². The molecule has 0 bridgehead atoms. The maximum atomic E-state index is 13.1. The Morgan fingerprint density at radius 3 is 1.89 bits per heavy atom. The summed E-state index contributed by atoms with van der Waals surface area (Å²) < 4.78 is 29.5. The summed E-state index contributed by atoms with van der Waals surface area (Å²) in [5, 5.41) is 16.4. The van der Waals surface area contributed by atoms with Crippen molar-refractivity contribution in [3.8, 4) is 0 Å². The molecular weight excluding hydrogens is 474 g/mol. The molecule has 1 unspecified atom stereocenters. The Morgan fingerprint density at radius 1 is 0.971 bits per heavy atom. The van der Waals surface area contributed by atoms with E-state index in [1.807, 2.05) is 91.0 Å². The first-order chi connectivity index (χ1) is 17.0. The summed E-state index contributed by atoms with van der Waals surface area (Å²) in [7, 11) is 0. The fourth-order valence-corrected chi connectivity index (χ4v) is 4.25. The molecule has 0 saturated carbocycles. The van der Waals surface area contributed by atoms with Gasteiger partial charge in [0.1, 0.15) is 5.54 Å². The third-order valence-electron chi connectivity index (χ3n) is 5.13. The number of rotatable bonds is 10. The van der Waals surface area contributed by atoms with E-state index in [2.05, 4.69) is 24.7 Å². The van der Waals surface area contributed by atoms with Gasteiger partial charge in [-0.15, -0.1) is 0 Å². The molecule has 0 fully saturated rings. The molecule has 1 heterocycles. The lowest BCUT2D eigenvalue weighted by Crippen LogP contribution is -2.38. The first-order valence-electron chi connectivity index (χ1n) is 10.5. The fraction of sp³-hybridized carbons (Fsp3) is 0.120. The van der Waals surface area contributed by atoms with Gasteiger partial charge in [-0.1, -0.05) is 96.2 Å². The van der Waals surface area contributed by atoms with Crippen LogP contribution in [0, 0.1) is 0 Å². The highest BCUT2D eigenvalue weighted by atomic mass is 32.1. The van der Waals surface area contributed by atoms with Gasteiger partial charge >= 0.3 is 5.97 Å². The van der Waals surface area contributed by atoms with Crippen molar-refractivity contribution in [3.63, 3.8) is 0 Å². The summed E-state index contributed by atoms with van der Waals surface area (Å²) >= 11 is 0.906. The van der Waals surface area contributed by atoms with Gasteiger partial charge in [0.15, 0.2) is 6.67 Å². The van der Waals surface area contributed by atoms with Gasteiger partial charge in [-0.3, -0.25) is 0 Å². The molecule has 0 aliphatic rings. The lowest BCUT2D eigenvalue weighted by Gasteiger charge is -2.36. The molecule has 0 aliphatic heterocycles. The van der Waals surface area contributed by atoms with Crippen molar-refractivity contribution < 1.29 is 23.5 Å². The predicted octanol–water partition coefficient (Wildman–Crippen LogP) is 5.01. The number of benzene rings is 3. The van der Waals surface area contributed by atoms with Crippen molar-refractivity contribution in [2.24, 2.45) is 5.16 Å². The smallest absolute Gasteiger partial charge is 0.362 e. The van der Waals surface area contributed by atoms with E-state index in [0.29, 0.717) is 0 Å². The van der Waals surface area contributed by atoms with Crippen molar-refractivity contribution in [2.75, 3.05) is 12.0 Å². The quantitative estimate of drug-likeness (QED) is 0.183. The van der Waals surface area contributed by atoms with Gasteiger partial charge < -0.3 is 15.3 Å². The van der Waals surface area contributed by atoms with E-state index in [4.69, 9.17) is 0 Å². The molecule has 10 heteroatoms. The number of oxime groups is 1. The maximum Gasteiger partial charge on any atom is 0.362 e. The van der Waals surface area contributed by atoms with Crippen LogP contribution >= 0.6 is 11.5 Å². The summed E-state index contributed by atoms with van der Waals surface area (Å²) in [5.41, 5.74) is 1.08. The molecule has 0 saturated heterocycles. The summed E-state index contributed by atoms with van der Waals surface area (Å²) in [6, 6.07) is 29.2. The van der Waals surface area contributed by atoms with Crippen LogP contribution in [0.2, 0.25) is 0 Å². The summed E-state index contributed by atoms with van der Waals surface area (Å²) in [4.78, 5) is 20.2. The number of nitrogens with zero attached hydrogens (tertiary/aromatic N) is 3. The topological polar surface area (TPSA) is 96.7 Å². The van der Waals surface area contributed by atoms with Crippen LogP contribution in [0.25, 0.3) is 0 Å². The van der Waals surface area contributed by atoms with Crippen LogP contribution in [0.1, 0.15) is 22.5 Å². The van der Waals surface area contributed by atoms with Gasteiger partial charge in [-0.05, 0) is 16.7 Å². The zero-order valence-corrected chi connectivity index (χ0v) is 19.0. The number of alkyl halides is 2. The third kappa shape index (κ3) is 5.17. The molecule has 4 rings (SSSR count). The van der Waals surface area contributed by atoms with E-state index in [9.17, 15) is 18.7 Å². The molecule has 178 valence electrons. The molecule has 0 amide bonds. The Hall–Kier alpha value is -4.18. The standard InChI is InChI=1S/C25H20F2N4O3S/c26-16-20(27)34-30-21(23(32)33)22-28-24(35-31-22)29-25(17-10-4-1-5-11-17,18-12-6-2-7-13-18)19-14-8-3-9-15-19/h1-15,20H,16H2,(H,32,33)(H,28,29,31). The van der Waals surface area contributed by atoms with Crippen LogP contribution in [0.15, 0.2) is 96.2 Å². The average molecular weight is 495 g/mol. The Labute approximate surface area is 203 Å². The van der Waals surface area contributed by atoms with Crippen LogP contribution in [0.4, 0.5) is 13.9 Å². The van der Waals surface area contributed by atoms with Crippen molar-refractivity contribution >= 4 is 28.3 Å². The number of halogens is 2. The number of hydrogen-bond acceptors (Lipinski definition) is 7. The highest BCUT2D eigenvalue weighted by Gasteiger charge is 2.37. The third-order valence-corrected chi connectivity index (χ3v) is 5.77. The molecule has 2 N–H and O–H groups in total. The number of carboxylic acids is 1. The highest BCUT2D eigenvalue weighted by molar-refractivity contribution is 7.09. The number of aromatic nitrogens is 2. The molecule has 7 nitrogen and oxygen atoms in total. The lowest BCUT2D eigenvalue weighted by atomic mass is 9.77. The molecule has 0 radical (unpaired) electrons. The van der Waals surface area contributed by atoms with Gasteiger partial charge in [-0.25, -0.2) is 9.18 Å². The Bertz CT molecular complexity index is 1190. The zero-order chi connectivity index (χ0) is 24.7. The summed E-state index contributed by atoms with van der Waals surface area (Å²) in [6.45, 7) is -1.47. The van der Waals surface area contributed by atoms with Gasteiger partial charge in [0.2, 0.25) is 16.7 Å². The minimum atomic E-state index is -2.39. The van der Waals surface area contributed by atoms with Gasteiger partial charge in [0.05, 0.1) is 0 Å². The second-order valence-electron chi connectivity index (χ2n) is 7.31.